The Bertz CT molecular complexity index is 3170. The first-order valence-corrected chi connectivity index (χ1v) is 17.9. The number of rotatable bonds is 4. The minimum atomic E-state index is 1.17. The van der Waals surface area contributed by atoms with E-state index in [9.17, 15) is 0 Å². The first-order valence-electron chi connectivity index (χ1n) is 17.9. The lowest BCUT2D eigenvalue weighted by Crippen LogP contribution is -1.95. The molecular formula is C50H32N2. The summed E-state index contributed by atoms with van der Waals surface area (Å²) in [4.78, 5) is 0. The summed E-state index contributed by atoms with van der Waals surface area (Å²) in [6.07, 6.45) is 0. The second-order valence-electron chi connectivity index (χ2n) is 13.8. The van der Waals surface area contributed by atoms with E-state index in [-0.39, 0.29) is 0 Å². The van der Waals surface area contributed by atoms with Gasteiger partial charge in [-0.25, -0.2) is 0 Å². The van der Waals surface area contributed by atoms with Gasteiger partial charge in [0, 0.05) is 32.6 Å². The third-order valence-electron chi connectivity index (χ3n) is 10.9. The molecule has 52 heavy (non-hydrogen) atoms. The molecule has 242 valence electrons. The standard InChI is InChI=1S/C50H32N2/c1-2-11-33(12-3-1)39-22-26-43-45-31-37(23-27-48(45)51(50(43)32-39)40-25-21-34-13-4-5-15-36(34)29-40)38-24-28-49-44(30-38)42-18-8-9-19-47(42)52(49)46-20-10-16-35-14-6-7-17-41(35)46/h1-32H. The highest BCUT2D eigenvalue weighted by atomic mass is 15.0. The molecule has 0 aliphatic heterocycles. The summed E-state index contributed by atoms with van der Waals surface area (Å²) in [5.74, 6) is 0. The van der Waals surface area contributed by atoms with Gasteiger partial charge in [-0.2, -0.15) is 0 Å². The maximum absolute atomic E-state index is 2.44. The van der Waals surface area contributed by atoms with Crippen LogP contribution in [-0.4, -0.2) is 9.13 Å². The van der Waals surface area contributed by atoms with Crippen LogP contribution in [0.4, 0.5) is 0 Å². The summed E-state index contributed by atoms with van der Waals surface area (Å²) in [6, 6.07) is 71.1. The second-order valence-corrected chi connectivity index (χ2v) is 13.8. The lowest BCUT2D eigenvalue weighted by molar-refractivity contribution is 1.19. The van der Waals surface area contributed by atoms with Gasteiger partial charge < -0.3 is 9.13 Å². The molecule has 0 unspecified atom stereocenters. The normalized spacial score (nSPS) is 11.8. The van der Waals surface area contributed by atoms with Crippen molar-refractivity contribution in [3.63, 3.8) is 0 Å². The Labute approximate surface area is 301 Å². The Morgan fingerprint density at radius 1 is 0.250 bits per heavy atom. The van der Waals surface area contributed by atoms with E-state index in [2.05, 4.69) is 203 Å². The van der Waals surface area contributed by atoms with Crippen molar-refractivity contribution in [2.45, 2.75) is 0 Å². The van der Waals surface area contributed by atoms with E-state index in [0.717, 1.165) is 0 Å². The van der Waals surface area contributed by atoms with E-state index in [1.54, 1.807) is 0 Å². The molecule has 0 aliphatic carbocycles. The number of benzene rings is 9. The average molecular weight is 661 g/mol. The fourth-order valence-electron chi connectivity index (χ4n) is 8.42. The van der Waals surface area contributed by atoms with E-state index >= 15 is 0 Å². The fraction of sp³-hybridized carbons (Fsp3) is 0. The zero-order valence-corrected chi connectivity index (χ0v) is 28.4. The highest BCUT2D eigenvalue weighted by Crippen LogP contribution is 2.40. The van der Waals surface area contributed by atoms with Gasteiger partial charge in [-0.3, -0.25) is 0 Å². The first kappa shape index (κ1) is 28.9. The molecular weight excluding hydrogens is 629 g/mol. The summed E-state index contributed by atoms with van der Waals surface area (Å²) in [6.45, 7) is 0. The molecule has 0 radical (unpaired) electrons. The number of hydrogen-bond donors (Lipinski definition) is 0. The van der Waals surface area contributed by atoms with Crippen LogP contribution in [0.25, 0.3) is 98.8 Å². The van der Waals surface area contributed by atoms with Crippen LogP contribution >= 0.6 is 0 Å². The molecule has 11 rings (SSSR count). The Morgan fingerprint density at radius 2 is 0.827 bits per heavy atom. The molecule has 2 aromatic heterocycles. The van der Waals surface area contributed by atoms with Crippen molar-refractivity contribution >= 4 is 65.2 Å². The quantitative estimate of drug-likeness (QED) is 0.178. The lowest BCUT2D eigenvalue weighted by Gasteiger charge is -2.12. The van der Waals surface area contributed by atoms with Crippen molar-refractivity contribution in [1.82, 2.24) is 9.13 Å². The molecule has 11 aromatic rings. The van der Waals surface area contributed by atoms with Crippen LogP contribution in [0.1, 0.15) is 0 Å². The van der Waals surface area contributed by atoms with Crippen LogP contribution < -0.4 is 0 Å². The Morgan fingerprint density at radius 3 is 1.63 bits per heavy atom. The summed E-state index contributed by atoms with van der Waals surface area (Å²) in [7, 11) is 0. The molecule has 2 heterocycles. The van der Waals surface area contributed by atoms with Crippen molar-refractivity contribution in [3.8, 4) is 33.6 Å². The molecule has 0 N–H and O–H groups in total. The first-order chi connectivity index (χ1) is 25.8. The lowest BCUT2D eigenvalue weighted by atomic mass is 9.99. The van der Waals surface area contributed by atoms with Crippen molar-refractivity contribution < 1.29 is 0 Å². The van der Waals surface area contributed by atoms with Gasteiger partial charge in [-0.05, 0) is 93.0 Å². The summed E-state index contributed by atoms with van der Waals surface area (Å²) in [5.41, 5.74) is 12.1. The molecule has 0 amide bonds. The van der Waals surface area contributed by atoms with Gasteiger partial charge in [-0.15, -0.1) is 0 Å². The minimum Gasteiger partial charge on any atom is -0.309 e. The van der Waals surface area contributed by atoms with Crippen molar-refractivity contribution in [2.75, 3.05) is 0 Å². The van der Waals surface area contributed by atoms with Crippen molar-refractivity contribution in [1.29, 1.82) is 0 Å². The second kappa shape index (κ2) is 11.3. The molecule has 0 aliphatic rings. The van der Waals surface area contributed by atoms with Crippen LogP contribution in [0.5, 0.6) is 0 Å². The van der Waals surface area contributed by atoms with Crippen LogP contribution in [0, 0.1) is 0 Å². The highest BCUT2D eigenvalue weighted by molar-refractivity contribution is 6.14. The number of hydrogen-bond acceptors (Lipinski definition) is 0. The third-order valence-corrected chi connectivity index (χ3v) is 10.9. The van der Waals surface area contributed by atoms with Gasteiger partial charge in [-0.1, -0.05) is 140 Å². The Kier molecular flexibility index (Phi) is 6.28. The zero-order valence-electron chi connectivity index (χ0n) is 28.4. The molecule has 0 bridgehead atoms. The van der Waals surface area contributed by atoms with Crippen molar-refractivity contribution in [2.24, 2.45) is 0 Å². The van der Waals surface area contributed by atoms with Gasteiger partial charge >= 0.3 is 0 Å². The third kappa shape index (κ3) is 4.38. The smallest absolute Gasteiger partial charge is 0.0547 e. The molecule has 0 saturated carbocycles. The molecule has 2 heteroatoms. The zero-order chi connectivity index (χ0) is 34.2. The van der Waals surface area contributed by atoms with Gasteiger partial charge in [0.25, 0.3) is 0 Å². The van der Waals surface area contributed by atoms with E-state index in [4.69, 9.17) is 0 Å². The van der Waals surface area contributed by atoms with Crippen molar-refractivity contribution in [3.05, 3.63) is 194 Å². The average Bonchev–Trinajstić information content (AvgIpc) is 3.72. The summed E-state index contributed by atoms with van der Waals surface area (Å²) in [5, 5.41) is 9.99. The predicted molar refractivity (Wildman–Crippen MR) is 221 cm³/mol. The fourth-order valence-corrected chi connectivity index (χ4v) is 8.42. The topological polar surface area (TPSA) is 9.86 Å². The van der Waals surface area contributed by atoms with Crippen LogP contribution in [0.3, 0.4) is 0 Å². The highest BCUT2D eigenvalue weighted by Gasteiger charge is 2.18. The molecule has 0 atom stereocenters. The maximum atomic E-state index is 2.44. The summed E-state index contributed by atoms with van der Waals surface area (Å²) < 4.78 is 4.87. The van der Waals surface area contributed by atoms with Crippen LogP contribution in [0.2, 0.25) is 0 Å². The van der Waals surface area contributed by atoms with E-state index < -0.39 is 0 Å². The summed E-state index contributed by atoms with van der Waals surface area (Å²) >= 11 is 0. The predicted octanol–water partition coefficient (Wildman–Crippen LogP) is 13.5. The van der Waals surface area contributed by atoms with E-state index in [1.165, 1.54) is 98.8 Å². The van der Waals surface area contributed by atoms with Gasteiger partial charge in [0.1, 0.15) is 0 Å². The Hall–Kier alpha value is -6.90. The van der Waals surface area contributed by atoms with E-state index in [1.807, 2.05) is 0 Å². The van der Waals surface area contributed by atoms with Crippen LogP contribution in [0.15, 0.2) is 194 Å². The minimum absolute atomic E-state index is 1.17. The molecule has 2 nitrogen and oxygen atoms in total. The monoisotopic (exact) mass is 660 g/mol. The molecule has 0 fully saturated rings. The number of aromatic nitrogens is 2. The molecule has 0 saturated heterocycles. The van der Waals surface area contributed by atoms with Gasteiger partial charge in [0.15, 0.2) is 0 Å². The number of para-hydroxylation sites is 1. The number of nitrogens with zero attached hydrogens (tertiary/aromatic N) is 2. The van der Waals surface area contributed by atoms with Gasteiger partial charge in [0.2, 0.25) is 0 Å². The van der Waals surface area contributed by atoms with E-state index in [0.29, 0.717) is 0 Å². The van der Waals surface area contributed by atoms with Gasteiger partial charge in [0.05, 0.1) is 27.8 Å². The van der Waals surface area contributed by atoms with Crippen LogP contribution in [-0.2, 0) is 0 Å². The molecule has 0 spiro atoms. The number of fused-ring (bicyclic) bond motifs is 8. The maximum Gasteiger partial charge on any atom is 0.0547 e. The SMILES string of the molecule is c1ccc(-c2ccc3c4cc(-c5ccc6c(c5)c5ccccc5n6-c5cccc6ccccc56)ccc4n(-c4ccc5ccccc5c4)c3c2)cc1. The largest absolute Gasteiger partial charge is 0.309 e. The Balaban J connectivity index is 1.13. The molecule has 9 aromatic carbocycles.